The van der Waals surface area contributed by atoms with E-state index in [1.54, 1.807) is 17.0 Å². The number of nitrogens with one attached hydrogen (secondary N) is 1. The molecule has 1 heterocycles. The molecular weight excluding hydrogens is 415 g/mol. The van der Waals surface area contributed by atoms with Crippen LogP contribution >= 0.6 is 0 Å². The van der Waals surface area contributed by atoms with Gasteiger partial charge in [-0.3, -0.25) is 4.79 Å². The second kappa shape index (κ2) is 9.43. The molecule has 1 aliphatic heterocycles. The zero-order valence-electron chi connectivity index (χ0n) is 18.2. The lowest BCUT2D eigenvalue weighted by Gasteiger charge is -2.35. The first kappa shape index (κ1) is 21.2. The van der Waals surface area contributed by atoms with E-state index >= 15 is 0 Å². The van der Waals surface area contributed by atoms with Gasteiger partial charge in [-0.05, 0) is 59.6 Å². The van der Waals surface area contributed by atoms with Crippen molar-refractivity contribution in [3.63, 3.8) is 0 Å². The maximum absolute atomic E-state index is 13.7. The van der Waals surface area contributed by atoms with Gasteiger partial charge in [-0.15, -0.1) is 0 Å². The fourth-order valence-corrected chi connectivity index (χ4v) is 4.37. The van der Waals surface area contributed by atoms with Crippen molar-refractivity contribution in [2.45, 2.75) is 12.5 Å². The van der Waals surface area contributed by atoms with Crippen LogP contribution in [-0.2, 0) is 6.42 Å². The van der Waals surface area contributed by atoms with Gasteiger partial charge in [0.15, 0.2) is 0 Å². The van der Waals surface area contributed by atoms with Gasteiger partial charge in [0, 0.05) is 12.1 Å². The first-order chi connectivity index (χ1) is 16.2. The Labute approximate surface area is 192 Å². The number of rotatable bonds is 6. The number of carbonyl (C=O) groups is 1. The maximum atomic E-state index is 13.7. The average molecular weight is 441 g/mol. The highest BCUT2D eigenvalue weighted by atomic mass is 19.1. The molecule has 0 aliphatic carbocycles. The van der Waals surface area contributed by atoms with Gasteiger partial charge in [-0.1, -0.05) is 60.7 Å². The lowest BCUT2D eigenvalue weighted by Crippen LogP contribution is -2.47. The minimum Gasteiger partial charge on any atom is -0.485 e. The minimum atomic E-state index is -0.422. The number of carbonyl (C=O) groups excluding carboxylic acids is 1. The molecule has 0 aromatic heterocycles. The molecule has 1 unspecified atom stereocenters. The highest BCUT2D eigenvalue weighted by Crippen LogP contribution is 2.34. The van der Waals surface area contributed by atoms with E-state index in [4.69, 9.17) is 4.74 Å². The minimum absolute atomic E-state index is 0.204. The van der Waals surface area contributed by atoms with Crippen LogP contribution in [0.25, 0.3) is 10.8 Å². The summed E-state index contributed by atoms with van der Waals surface area (Å²) in [5, 5.41) is 6.00. The van der Waals surface area contributed by atoms with Crippen LogP contribution in [0, 0.1) is 5.82 Å². The van der Waals surface area contributed by atoms with E-state index in [1.165, 1.54) is 28.5 Å². The van der Waals surface area contributed by atoms with E-state index in [0.717, 1.165) is 13.0 Å². The summed E-state index contributed by atoms with van der Waals surface area (Å²) in [6, 6.07) is 28.1. The number of benzene rings is 4. The zero-order valence-corrected chi connectivity index (χ0v) is 18.2. The number of hydrogen-bond acceptors (Lipinski definition) is 3. The van der Waals surface area contributed by atoms with Crippen molar-refractivity contribution in [3.8, 4) is 5.75 Å². The van der Waals surface area contributed by atoms with Gasteiger partial charge in [-0.2, -0.15) is 0 Å². The molecule has 1 atom stereocenters. The molecule has 166 valence electrons. The van der Waals surface area contributed by atoms with Crippen molar-refractivity contribution in [2.75, 3.05) is 24.5 Å². The quantitative estimate of drug-likeness (QED) is 0.418. The van der Waals surface area contributed by atoms with E-state index in [0.29, 0.717) is 30.1 Å². The standard InChI is InChI=1S/C28H25FN2O2/c29-23-11-6-10-22(17-23)28(32)31-19-24(33-27-14-4-3-13-26(27)31)18-30-16-15-21-9-5-8-20-7-1-2-12-25(20)21/h1-14,17,24,30H,15-16,18-19H2. The summed E-state index contributed by atoms with van der Waals surface area (Å²) in [4.78, 5) is 14.9. The summed E-state index contributed by atoms with van der Waals surface area (Å²) in [6.45, 7) is 1.80. The van der Waals surface area contributed by atoms with Gasteiger partial charge in [0.1, 0.15) is 17.7 Å². The molecule has 0 radical (unpaired) electrons. The molecule has 0 fully saturated rings. The Hall–Kier alpha value is -3.70. The molecule has 4 aromatic carbocycles. The highest BCUT2D eigenvalue weighted by molar-refractivity contribution is 6.07. The molecule has 1 amide bonds. The van der Waals surface area contributed by atoms with Crippen LogP contribution in [0.1, 0.15) is 15.9 Å². The summed E-state index contributed by atoms with van der Waals surface area (Å²) < 4.78 is 19.9. The van der Waals surface area contributed by atoms with Crippen molar-refractivity contribution in [2.24, 2.45) is 0 Å². The van der Waals surface area contributed by atoms with Crippen LogP contribution in [0.2, 0.25) is 0 Å². The monoisotopic (exact) mass is 440 g/mol. The smallest absolute Gasteiger partial charge is 0.258 e. The Bertz CT molecular complexity index is 1280. The van der Waals surface area contributed by atoms with Crippen molar-refractivity contribution in [3.05, 3.63) is 108 Å². The number of hydrogen-bond donors (Lipinski definition) is 1. The second-order valence-corrected chi connectivity index (χ2v) is 8.23. The number of anilines is 1. The Morgan fingerprint density at radius 3 is 2.67 bits per heavy atom. The molecule has 1 aliphatic rings. The van der Waals surface area contributed by atoms with Crippen molar-refractivity contribution in [1.29, 1.82) is 0 Å². The number of amides is 1. The van der Waals surface area contributed by atoms with Gasteiger partial charge < -0.3 is 15.0 Å². The van der Waals surface area contributed by atoms with Crippen LogP contribution in [0.15, 0.2) is 91.0 Å². The third kappa shape index (κ3) is 4.59. The summed E-state index contributed by atoms with van der Waals surface area (Å²) in [6.07, 6.45) is 0.696. The van der Waals surface area contributed by atoms with E-state index in [2.05, 4.69) is 47.8 Å². The lowest BCUT2D eigenvalue weighted by atomic mass is 10.0. The van der Waals surface area contributed by atoms with Crippen molar-refractivity contribution >= 4 is 22.4 Å². The molecule has 33 heavy (non-hydrogen) atoms. The molecule has 4 aromatic rings. The summed E-state index contributed by atoms with van der Waals surface area (Å²) in [7, 11) is 0. The Kier molecular flexibility index (Phi) is 6.05. The Morgan fingerprint density at radius 2 is 1.76 bits per heavy atom. The third-order valence-electron chi connectivity index (χ3n) is 5.98. The van der Waals surface area contributed by atoms with Crippen LogP contribution in [0.3, 0.4) is 0 Å². The molecular formula is C28H25FN2O2. The fourth-order valence-electron chi connectivity index (χ4n) is 4.37. The van der Waals surface area contributed by atoms with Gasteiger partial charge in [0.25, 0.3) is 5.91 Å². The largest absolute Gasteiger partial charge is 0.485 e. The number of ether oxygens (including phenoxy) is 1. The lowest BCUT2D eigenvalue weighted by molar-refractivity contribution is 0.0955. The number of nitrogens with zero attached hydrogens (tertiary/aromatic N) is 1. The Morgan fingerprint density at radius 1 is 0.970 bits per heavy atom. The molecule has 0 saturated carbocycles. The van der Waals surface area contributed by atoms with Gasteiger partial charge in [0.2, 0.25) is 0 Å². The molecule has 5 rings (SSSR count). The summed E-state index contributed by atoms with van der Waals surface area (Å²) in [5.41, 5.74) is 2.34. The van der Waals surface area contributed by atoms with E-state index in [1.807, 2.05) is 24.3 Å². The third-order valence-corrected chi connectivity index (χ3v) is 5.98. The predicted octanol–water partition coefficient (Wildman–Crippen LogP) is 5.22. The van der Waals surface area contributed by atoms with Crippen molar-refractivity contribution in [1.82, 2.24) is 5.32 Å². The normalized spacial score (nSPS) is 15.2. The number of halogens is 1. The molecule has 0 spiro atoms. The van der Waals surface area contributed by atoms with Crippen LogP contribution < -0.4 is 15.0 Å². The second-order valence-electron chi connectivity index (χ2n) is 8.23. The van der Waals surface area contributed by atoms with Gasteiger partial charge >= 0.3 is 0 Å². The first-order valence-corrected chi connectivity index (χ1v) is 11.2. The van der Waals surface area contributed by atoms with E-state index < -0.39 is 5.82 Å². The number of fused-ring (bicyclic) bond motifs is 2. The van der Waals surface area contributed by atoms with Gasteiger partial charge in [0.05, 0.1) is 12.2 Å². The predicted molar refractivity (Wildman–Crippen MR) is 129 cm³/mol. The van der Waals surface area contributed by atoms with Crippen LogP contribution in [-0.4, -0.2) is 31.6 Å². The fraction of sp³-hybridized carbons (Fsp3) is 0.179. The van der Waals surface area contributed by atoms with E-state index in [-0.39, 0.29) is 12.0 Å². The van der Waals surface area contributed by atoms with Gasteiger partial charge in [-0.25, -0.2) is 4.39 Å². The SMILES string of the molecule is O=C(c1cccc(F)c1)N1CC(CNCCc2cccc3ccccc23)Oc2ccccc21. The maximum Gasteiger partial charge on any atom is 0.258 e. The highest BCUT2D eigenvalue weighted by Gasteiger charge is 2.30. The number of para-hydroxylation sites is 2. The van der Waals surface area contributed by atoms with Crippen LogP contribution in [0.4, 0.5) is 10.1 Å². The first-order valence-electron chi connectivity index (χ1n) is 11.2. The topological polar surface area (TPSA) is 41.6 Å². The summed E-state index contributed by atoms with van der Waals surface area (Å²) in [5.74, 6) is 0.00871. The van der Waals surface area contributed by atoms with E-state index in [9.17, 15) is 9.18 Å². The summed E-state index contributed by atoms with van der Waals surface area (Å²) >= 11 is 0. The molecule has 5 heteroatoms. The zero-order chi connectivity index (χ0) is 22.6. The molecule has 4 nitrogen and oxygen atoms in total. The Balaban J connectivity index is 1.26. The molecule has 0 saturated heterocycles. The average Bonchev–Trinajstić information content (AvgIpc) is 2.86. The van der Waals surface area contributed by atoms with Crippen molar-refractivity contribution < 1.29 is 13.9 Å². The molecule has 0 bridgehead atoms. The van der Waals surface area contributed by atoms with Crippen LogP contribution in [0.5, 0.6) is 5.75 Å². The molecule has 1 N–H and O–H groups in total.